The summed E-state index contributed by atoms with van der Waals surface area (Å²) in [4.78, 5) is 40.7. The van der Waals surface area contributed by atoms with Gasteiger partial charge >= 0.3 is 5.97 Å². The number of aromatic hydroxyl groups is 1. The van der Waals surface area contributed by atoms with E-state index in [1.807, 2.05) is 0 Å². The zero-order valence-electron chi connectivity index (χ0n) is 21.2. The number of aryl methyl sites for hydroxylation is 1. The minimum Gasteiger partial charge on any atom is -0.508 e. The van der Waals surface area contributed by atoms with E-state index in [2.05, 4.69) is 0 Å². The van der Waals surface area contributed by atoms with Crippen molar-refractivity contribution in [1.82, 2.24) is 0 Å². The number of aliphatic hydroxyl groups excluding tert-OH is 1. The highest BCUT2D eigenvalue weighted by Crippen LogP contribution is 2.44. The first-order chi connectivity index (χ1) is 18.0. The van der Waals surface area contributed by atoms with E-state index in [0.29, 0.717) is 11.1 Å². The second kappa shape index (κ2) is 10.6. The molecule has 3 aromatic carbocycles. The Kier molecular flexibility index (Phi) is 7.46. The van der Waals surface area contributed by atoms with Gasteiger partial charge in [0, 0.05) is 5.69 Å². The van der Waals surface area contributed by atoms with Gasteiger partial charge in [-0.1, -0.05) is 29.8 Å². The van der Waals surface area contributed by atoms with Crippen molar-refractivity contribution in [1.29, 1.82) is 0 Å². The summed E-state index contributed by atoms with van der Waals surface area (Å²) in [6.45, 7) is 5.20. The van der Waals surface area contributed by atoms with E-state index in [-0.39, 0.29) is 45.0 Å². The maximum Gasteiger partial charge on any atom is 0.338 e. The lowest BCUT2D eigenvalue weighted by molar-refractivity contribution is -0.132. The van der Waals surface area contributed by atoms with Crippen LogP contribution in [0, 0.1) is 6.92 Å². The Morgan fingerprint density at radius 2 is 1.74 bits per heavy atom. The van der Waals surface area contributed by atoms with E-state index in [1.165, 1.54) is 30.2 Å². The number of phenolic OH excluding ortho intramolecular Hbond substituents is 1. The summed E-state index contributed by atoms with van der Waals surface area (Å²) in [6, 6.07) is 14.2. The van der Waals surface area contributed by atoms with Gasteiger partial charge in [-0.2, -0.15) is 0 Å². The fourth-order valence-electron chi connectivity index (χ4n) is 4.39. The molecule has 2 N–H and O–H groups in total. The second-order valence-corrected chi connectivity index (χ2v) is 9.50. The van der Waals surface area contributed by atoms with Gasteiger partial charge in [0.1, 0.15) is 17.3 Å². The minimum absolute atomic E-state index is 0.0173. The highest BCUT2D eigenvalue weighted by atomic mass is 35.5. The third-order valence-electron chi connectivity index (χ3n) is 6.00. The zero-order chi connectivity index (χ0) is 27.7. The molecule has 1 heterocycles. The number of ether oxygens (including phenoxy) is 2. The predicted octanol–water partition coefficient (Wildman–Crippen LogP) is 5.55. The molecule has 38 heavy (non-hydrogen) atoms. The van der Waals surface area contributed by atoms with Crippen LogP contribution >= 0.6 is 11.6 Å². The number of phenols is 1. The number of rotatable bonds is 6. The molecule has 0 saturated carbocycles. The fourth-order valence-corrected chi connectivity index (χ4v) is 4.74. The van der Waals surface area contributed by atoms with Gasteiger partial charge in [-0.25, -0.2) is 4.79 Å². The highest BCUT2D eigenvalue weighted by Gasteiger charge is 2.47. The van der Waals surface area contributed by atoms with Crippen molar-refractivity contribution in [3.63, 3.8) is 0 Å². The van der Waals surface area contributed by atoms with Crippen molar-refractivity contribution in [2.24, 2.45) is 0 Å². The molecule has 0 bridgehead atoms. The van der Waals surface area contributed by atoms with Gasteiger partial charge in [-0.3, -0.25) is 14.5 Å². The van der Waals surface area contributed by atoms with Crippen LogP contribution < -0.4 is 9.64 Å². The number of Topliss-reactive ketones (excluding diaryl/α,β-unsaturated/α-hetero) is 1. The fraction of sp³-hybridized carbons (Fsp3) is 0.207. The van der Waals surface area contributed by atoms with Gasteiger partial charge < -0.3 is 19.7 Å². The van der Waals surface area contributed by atoms with Crippen LogP contribution in [0.4, 0.5) is 5.69 Å². The maximum atomic E-state index is 13.5. The molecule has 0 aromatic heterocycles. The molecule has 1 amide bonds. The molecular formula is C29H26ClNO7. The van der Waals surface area contributed by atoms with Crippen LogP contribution in [-0.2, 0) is 14.3 Å². The summed E-state index contributed by atoms with van der Waals surface area (Å²) in [5.74, 6) is -2.77. The number of methoxy groups -OCH3 is 1. The largest absolute Gasteiger partial charge is 0.508 e. The third kappa shape index (κ3) is 4.95. The number of anilines is 1. The van der Waals surface area contributed by atoms with Crippen molar-refractivity contribution < 1.29 is 34.1 Å². The molecule has 0 radical (unpaired) electrons. The Morgan fingerprint density at radius 1 is 1.05 bits per heavy atom. The molecule has 8 nitrogen and oxygen atoms in total. The van der Waals surface area contributed by atoms with Gasteiger partial charge in [0.25, 0.3) is 11.7 Å². The average molecular weight is 536 g/mol. The van der Waals surface area contributed by atoms with Crippen molar-refractivity contribution >= 4 is 40.7 Å². The van der Waals surface area contributed by atoms with Gasteiger partial charge in [0.15, 0.2) is 0 Å². The van der Waals surface area contributed by atoms with E-state index in [4.69, 9.17) is 21.1 Å². The van der Waals surface area contributed by atoms with Gasteiger partial charge in [0.05, 0.1) is 41.0 Å². The smallest absolute Gasteiger partial charge is 0.338 e. The molecule has 4 rings (SSSR count). The van der Waals surface area contributed by atoms with E-state index in [1.54, 1.807) is 63.2 Å². The van der Waals surface area contributed by atoms with E-state index in [9.17, 15) is 24.6 Å². The van der Waals surface area contributed by atoms with Crippen LogP contribution in [0.5, 0.6) is 11.5 Å². The highest BCUT2D eigenvalue weighted by molar-refractivity contribution is 6.51. The summed E-state index contributed by atoms with van der Waals surface area (Å²) < 4.78 is 10.7. The molecule has 1 unspecified atom stereocenters. The quantitative estimate of drug-likeness (QED) is 0.184. The molecule has 1 saturated heterocycles. The lowest BCUT2D eigenvalue weighted by Crippen LogP contribution is -2.29. The van der Waals surface area contributed by atoms with E-state index < -0.39 is 29.5 Å². The number of esters is 1. The van der Waals surface area contributed by atoms with Crippen molar-refractivity contribution in [3.8, 4) is 11.5 Å². The molecule has 0 aliphatic carbocycles. The molecule has 1 atom stereocenters. The van der Waals surface area contributed by atoms with E-state index in [0.717, 1.165) is 0 Å². The Hall–Kier alpha value is -4.30. The Morgan fingerprint density at radius 3 is 2.37 bits per heavy atom. The number of hydrogen-bond acceptors (Lipinski definition) is 7. The number of aliphatic hydroxyl groups is 1. The number of carbonyl (C=O) groups excluding carboxylic acids is 3. The van der Waals surface area contributed by atoms with Crippen LogP contribution in [-0.4, -0.2) is 41.1 Å². The molecule has 0 spiro atoms. The Bertz CT molecular complexity index is 1460. The molecule has 1 fully saturated rings. The van der Waals surface area contributed by atoms with Crippen LogP contribution in [0.25, 0.3) is 5.76 Å². The van der Waals surface area contributed by atoms with Crippen LogP contribution in [0.2, 0.25) is 5.02 Å². The van der Waals surface area contributed by atoms with Gasteiger partial charge in [-0.15, -0.1) is 0 Å². The normalized spacial score (nSPS) is 16.7. The minimum atomic E-state index is -1.09. The number of amides is 1. The molecule has 9 heteroatoms. The average Bonchev–Trinajstić information content (AvgIpc) is 3.13. The Labute approximate surface area is 224 Å². The molecule has 1 aliphatic rings. The summed E-state index contributed by atoms with van der Waals surface area (Å²) >= 11 is 6.34. The second-order valence-electron chi connectivity index (χ2n) is 9.09. The summed E-state index contributed by atoms with van der Waals surface area (Å²) in [5, 5.41) is 21.5. The Balaban J connectivity index is 1.95. The van der Waals surface area contributed by atoms with Crippen LogP contribution in [0.1, 0.15) is 46.9 Å². The van der Waals surface area contributed by atoms with E-state index >= 15 is 0 Å². The number of nitrogens with zero attached hydrogens (tertiary/aromatic N) is 1. The topological polar surface area (TPSA) is 113 Å². The lowest BCUT2D eigenvalue weighted by Gasteiger charge is -2.26. The first-order valence-corrected chi connectivity index (χ1v) is 12.2. The third-order valence-corrected chi connectivity index (χ3v) is 6.28. The summed E-state index contributed by atoms with van der Waals surface area (Å²) in [5.41, 5.74) is 1.52. The molecule has 196 valence electrons. The lowest BCUT2D eigenvalue weighted by atomic mass is 9.94. The number of carbonyl (C=O) groups is 3. The van der Waals surface area contributed by atoms with Crippen LogP contribution in [0.15, 0.2) is 66.2 Å². The van der Waals surface area contributed by atoms with Crippen molar-refractivity contribution in [2.75, 3.05) is 12.0 Å². The maximum absolute atomic E-state index is 13.5. The van der Waals surface area contributed by atoms with Crippen molar-refractivity contribution in [2.45, 2.75) is 32.9 Å². The first kappa shape index (κ1) is 26.8. The zero-order valence-corrected chi connectivity index (χ0v) is 21.9. The standard InChI is InChI=1S/C29H26ClNO7/c1-15(2)38-29(36)18-6-5-7-19(14-18)31-24(17-8-10-20(32)11-9-17)23(26(34)28(31)35)25(33)21-12-16(3)13-22(30)27(21)37-4/h5-15,24,32-33H,1-4H3/b25-23+. The molecule has 3 aromatic rings. The number of hydrogen-bond donors (Lipinski definition) is 2. The summed E-state index contributed by atoms with van der Waals surface area (Å²) in [6.07, 6.45) is -0.353. The number of ketones is 1. The SMILES string of the molecule is COc1c(Cl)cc(C)cc1/C(O)=C1\C(=O)C(=O)N(c2cccc(C(=O)OC(C)C)c2)C1c1ccc(O)cc1. The van der Waals surface area contributed by atoms with Gasteiger partial charge in [-0.05, 0) is 74.4 Å². The number of benzene rings is 3. The van der Waals surface area contributed by atoms with Gasteiger partial charge in [0.2, 0.25) is 0 Å². The number of halogens is 1. The first-order valence-electron chi connectivity index (χ1n) is 11.8. The predicted molar refractivity (Wildman–Crippen MR) is 143 cm³/mol. The molecule has 1 aliphatic heterocycles. The van der Waals surface area contributed by atoms with Crippen LogP contribution in [0.3, 0.4) is 0 Å². The summed E-state index contributed by atoms with van der Waals surface area (Å²) in [7, 11) is 1.38. The molecular weight excluding hydrogens is 510 g/mol. The monoisotopic (exact) mass is 535 g/mol. The van der Waals surface area contributed by atoms with Crippen molar-refractivity contribution in [3.05, 3.63) is 93.5 Å².